The van der Waals surface area contributed by atoms with Crippen LogP contribution >= 0.6 is 11.3 Å². The van der Waals surface area contributed by atoms with Gasteiger partial charge in [0.2, 0.25) is 0 Å². The van der Waals surface area contributed by atoms with Gasteiger partial charge in [0.25, 0.3) is 0 Å². The maximum atomic E-state index is 11.5. The lowest BCUT2D eigenvalue weighted by molar-refractivity contribution is 0.0497. The molecule has 2 aromatic rings. The number of ether oxygens (including phenoxy) is 1. The predicted octanol–water partition coefficient (Wildman–Crippen LogP) is 3.34. The topological polar surface area (TPSA) is 63.2 Å². The molecule has 0 saturated heterocycles. The van der Waals surface area contributed by atoms with Crippen molar-refractivity contribution in [1.29, 1.82) is 0 Å². The predicted molar refractivity (Wildman–Crippen MR) is 83.8 cm³/mol. The molecule has 6 heteroatoms. The summed E-state index contributed by atoms with van der Waals surface area (Å²) in [4.78, 5) is 15.7. The van der Waals surface area contributed by atoms with Crippen molar-refractivity contribution in [2.45, 2.75) is 32.9 Å². The van der Waals surface area contributed by atoms with Gasteiger partial charge in [0, 0.05) is 23.7 Å². The number of hydrogen-bond donors (Lipinski definition) is 2. The van der Waals surface area contributed by atoms with Crippen LogP contribution in [-0.2, 0) is 11.3 Å². The van der Waals surface area contributed by atoms with Gasteiger partial charge in [0.15, 0.2) is 0 Å². The van der Waals surface area contributed by atoms with Crippen molar-refractivity contribution in [3.8, 4) is 10.6 Å². The third-order valence-electron chi connectivity index (χ3n) is 2.52. The summed E-state index contributed by atoms with van der Waals surface area (Å²) in [6.07, 6.45) is 1.31. The van der Waals surface area contributed by atoms with E-state index in [-0.39, 0.29) is 0 Å². The summed E-state index contributed by atoms with van der Waals surface area (Å²) in [6, 6.07) is 8.04. The highest BCUT2D eigenvalue weighted by molar-refractivity contribution is 7.13. The Kier molecular flexibility index (Phi) is 4.93. The summed E-state index contributed by atoms with van der Waals surface area (Å²) in [5, 5.41) is 2.96. The number of thiazole rings is 1. The minimum Gasteiger partial charge on any atom is -0.443 e. The largest absolute Gasteiger partial charge is 0.443 e. The van der Waals surface area contributed by atoms with E-state index < -0.39 is 11.7 Å². The molecule has 1 aromatic carbocycles. The summed E-state index contributed by atoms with van der Waals surface area (Å²) < 4.78 is 5.12. The van der Waals surface area contributed by atoms with E-state index in [0.29, 0.717) is 6.54 Å². The molecular formula is C15H19N3O2S. The second-order valence-electron chi connectivity index (χ2n) is 5.51. The van der Waals surface area contributed by atoms with E-state index in [9.17, 15) is 4.79 Å². The standard InChI is InChI=1S/C15H19N3O2S/c1-15(2,3)20-14(19)18-17-10-11-4-6-12(7-5-11)13-16-8-9-21-13/h4-9,17H,10H2,1-3H3,(H,18,19). The van der Waals surface area contributed by atoms with Gasteiger partial charge in [-0.2, -0.15) is 0 Å². The van der Waals surface area contributed by atoms with Crippen molar-refractivity contribution >= 4 is 17.4 Å². The van der Waals surface area contributed by atoms with Crippen molar-refractivity contribution in [1.82, 2.24) is 15.8 Å². The van der Waals surface area contributed by atoms with Crippen LogP contribution < -0.4 is 10.9 Å². The lowest BCUT2D eigenvalue weighted by Crippen LogP contribution is -2.40. The van der Waals surface area contributed by atoms with Crippen LogP contribution in [-0.4, -0.2) is 16.7 Å². The van der Waals surface area contributed by atoms with Crippen LogP contribution in [0.3, 0.4) is 0 Å². The molecule has 0 bridgehead atoms. The van der Waals surface area contributed by atoms with Crippen LogP contribution in [0.25, 0.3) is 10.6 Å². The first-order valence-corrected chi connectivity index (χ1v) is 7.53. The molecule has 0 radical (unpaired) electrons. The molecule has 0 unspecified atom stereocenters. The number of aromatic nitrogens is 1. The summed E-state index contributed by atoms with van der Waals surface area (Å²) in [5.74, 6) is 0. The zero-order valence-corrected chi connectivity index (χ0v) is 13.2. The average molecular weight is 305 g/mol. The molecule has 2 N–H and O–H groups in total. The minimum atomic E-state index is -0.499. The molecule has 1 heterocycles. The van der Waals surface area contributed by atoms with Gasteiger partial charge in [0.1, 0.15) is 10.6 Å². The van der Waals surface area contributed by atoms with E-state index in [4.69, 9.17) is 4.74 Å². The molecule has 0 atom stereocenters. The van der Waals surface area contributed by atoms with Gasteiger partial charge in [-0.3, -0.25) is 5.43 Å². The Morgan fingerprint density at radius 3 is 2.57 bits per heavy atom. The number of hydrogen-bond acceptors (Lipinski definition) is 5. The fraction of sp³-hybridized carbons (Fsp3) is 0.333. The van der Waals surface area contributed by atoms with Crippen LogP contribution in [0.5, 0.6) is 0 Å². The van der Waals surface area contributed by atoms with Crippen molar-refractivity contribution in [3.63, 3.8) is 0 Å². The first-order valence-electron chi connectivity index (χ1n) is 6.65. The molecule has 0 aliphatic rings. The molecule has 2 rings (SSSR count). The van der Waals surface area contributed by atoms with E-state index in [0.717, 1.165) is 16.1 Å². The summed E-state index contributed by atoms with van der Waals surface area (Å²) in [6.45, 7) is 6.00. The van der Waals surface area contributed by atoms with Crippen molar-refractivity contribution in [3.05, 3.63) is 41.4 Å². The van der Waals surface area contributed by atoms with E-state index in [1.54, 1.807) is 17.5 Å². The van der Waals surface area contributed by atoms with Gasteiger partial charge in [-0.25, -0.2) is 15.2 Å². The quantitative estimate of drug-likeness (QED) is 0.850. The van der Waals surface area contributed by atoms with Gasteiger partial charge < -0.3 is 4.74 Å². The lowest BCUT2D eigenvalue weighted by Gasteiger charge is -2.19. The van der Waals surface area contributed by atoms with Crippen molar-refractivity contribution < 1.29 is 9.53 Å². The zero-order valence-electron chi connectivity index (χ0n) is 12.3. The van der Waals surface area contributed by atoms with Gasteiger partial charge in [-0.05, 0) is 26.3 Å². The maximum Gasteiger partial charge on any atom is 0.422 e. The van der Waals surface area contributed by atoms with Crippen LogP contribution in [0, 0.1) is 0 Å². The summed E-state index contributed by atoms with van der Waals surface area (Å²) in [5.41, 5.74) is 7.00. The van der Waals surface area contributed by atoms with Gasteiger partial charge in [-0.15, -0.1) is 11.3 Å². The van der Waals surface area contributed by atoms with Crippen molar-refractivity contribution in [2.24, 2.45) is 0 Å². The van der Waals surface area contributed by atoms with Crippen LogP contribution in [0.4, 0.5) is 4.79 Å². The number of hydrazine groups is 1. The Balaban J connectivity index is 1.80. The Morgan fingerprint density at radius 2 is 2.00 bits per heavy atom. The monoisotopic (exact) mass is 305 g/mol. The molecule has 1 amide bonds. The normalized spacial score (nSPS) is 11.2. The van der Waals surface area contributed by atoms with E-state index in [1.165, 1.54) is 0 Å². The number of rotatable bonds is 4. The molecule has 0 fully saturated rings. The van der Waals surface area contributed by atoms with Crippen LogP contribution in [0.15, 0.2) is 35.8 Å². The summed E-state index contributed by atoms with van der Waals surface area (Å²) in [7, 11) is 0. The third kappa shape index (κ3) is 5.17. The molecule has 5 nitrogen and oxygen atoms in total. The maximum absolute atomic E-state index is 11.5. The van der Waals surface area contributed by atoms with Gasteiger partial charge in [-0.1, -0.05) is 24.3 Å². The molecular weight excluding hydrogens is 286 g/mol. The highest BCUT2D eigenvalue weighted by atomic mass is 32.1. The smallest absolute Gasteiger partial charge is 0.422 e. The van der Waals surface area contributed by atoms with Crippen LogP contribution in [0.1, 0.15) is 26.3 Å². The second-order valence-corrected chi connectivity index (χ2v) is 6.41. The fourth-order valence-corrected chi connectivity index (χ4v) is 2.30. The molecule has 1 aromatic heterocycles. The number of carbonyl (C=O) groups excluding carboxylic acids is 1. The molecule has 0 spiro atoms. The van der Waals surface area contributed by atoms with E-state index >= 15 is 0 Å². The Hall–Kier alpha value is -1.92. The number of benzene rings is 1. The van der Waals surface area contributed by atoms with E-state index in [1.807, 2.05) is 50.4 Å². The van der Waals surface area contributed by atoms with Gasteiger partial charge in [0.05, 0.1) is 0 Å². The minimum absolute atomic E-state index is 0.484. The van der Waals surface area contributed by atoms with Crippen molar-refractivity contribution in [2.75, 3.05) is 0 Å². The Morgan fingerprint density at radius 1 is 1.29 bits per heavy atom. The average Bonchev–Trinajstić information content (AvgIpc) is 2.91. The molecule has 112 valence electrons. The SMILES string of the molecule is CC(C)(C)OC(=O)NNCc1ccc(-c2nccs2)cc1. The summed E-state index contributed by atoms with van der Waals surface area (Å²) >= 11 is 1.61. The highest BCUT2D eigenvalue weighted by Gasteiger charge is 2.15. The number of nitrogens with zero attached hydrogens (tertiary/aromatic N) is 1. The first kappa shape index (κ1) is 15.5. The Bertz CT molecular complexity index is 574. The first-order chi connectivity index (χ1) is 9.94. The fourth-order valence-electron chi connectivity index (χ4n) is 1.65. The molecule has 0 saturated carbocycles. The molecule has 0 aliphatic carbocycles. The molecule has 0 aliphatic heterocycles. The zero-order chi connectivity index (χ0) is 15.3. The lowest BCUT2D eigenvalue weighted by atomic mass is 10.1. The third-order valence-corrected chi connectivity index (χ3v) is 3.34. The highest BCUT2D eigenvalue weighted by Crippen LogP contribution is 2.21. The van der Waals surface area contributed by atoms with E-state index in [2.05, 4.69) is 15.8 Å². The van der Waals surface area contributed by atoms with Gasteiger partial charge >= 0.3 is 6.09 Å². The number of carbonyl (C=O) groups is 1. The second kappa shape index (κ2) is 6.69. The Labute approximate surface area is 128 Å². The molecule has 21 heavy (non-hydrogen) atoms. The van der Waals surface area contributed by atoms with Crippen LogP contribution in [0.2, 0.25) is 0 Å². The number of nitrogens with one attached hydrogen (secondary N) is 2. The number of amides is 1.